The Morgan fingerprint density at radius 1 is 1.38 bits per heavy atom. The van der Waals surface area contributed by atoms with E-state index in [0.29, 0.717) is 11.3 Å². The van der Waals surface area contributed by atoms with Gasteiger partial charge in [-0.3, -0.25) is 4.79 Å². The van der Waals surface area contributed by atoms with Crippen molar-refractivity contribution in [2.45, 2.75) is 20.0 Å². The molecule has 24 heavy (non-hydrogen) atoms. The van der Waals surface area contributed by atoms with Crippen LogP contribution in [0, 0.1) is 6.92 Å². The molecule has 7 heteroatoms. The van der Waals surface area contributed by atoms with Gasteiger partial charge < -0.3 is 10.1 Å². The number of benzene rings is 1. The summed E-state index contributed by atoms with van der Waals surface area (Å²) in [4.78, 5) is 14.8. The van der Waals surface area contributed by atoms with Gasteiger partial charge in [-0.1, -0.05) is 18.7 Å². The number of nitrogens with one attached hydrogen (secondary N) is 1. The molecule has 1 N–H and O–H groups in total. The smallest absolute Gasteiger partial charge is 0.416 e. The van der Waals surface area contributed by atoms with Crippen molar-refractivity contribution in [1.82, 2.24) is 0 Å². The van der Waals surface area contributed by atoms with Gasteiger partial charge in [0.05, 0.1) is 5.57 Å². The van der Waals surface area contributed by atoms with Crippen molar-refractivity contribution in [1.29, 1.82) is 0 Å². The molecule has 0 aliphatic rings. The number of carbonyl (C=O) groups is 1. The molecular formula is C17H17F3N2O2. The van der Waals surface area contributed by atoms with Crippen LogP contribution in [0.25, 0.3) is 0 Å². The normalized spacial score (nSPS) is 12.5. The first-order valence-electron chi connectivity index (χ1n) is 6.85. The first-order valence-corrected chi connectivity index (χ1v) is 6.85. The number of aliphatic imine (C=N–C) groups is 1. The fraction of sp³-hybridized carbons (Fsp3) is 0.176. The van der Waals surface area contributed by atoms with Crippen LogP contribution in [0.2, 0.25) is 0 Å². The number of alkyl halides is 3. The largest absolute Gasteiger partial charge is 0.439 e. The van der Waals surface area contributed by atoms with Crippen molar-refractivity contribution in [2.24, 2.45) is 4.99 Å². The second-order valence-electron chi connectivity index (χ2n) is 4.66. The first kappa shape index (κ1) is 19.2. The lowest BCUT2D eigenvalue weighted by Gasteiger charge is -2.12. The summed E-state index contributed by atoms with van der Waals surface area (Å²) in [5.41, 5.74) is 0.153. The average molecular weight is 338 g/mol. The molecule has 0 fully saturated rings. The van der Waals surface area contributed by atoms with Crippen molar-refractivity contribution in [2.75, 3.05) is 5.32 Å². The van der Waals surface area contributed by atoms with Crippen LogP contribution < -0.4 is 10.1 Å². The van der Waals surface area contributed by atoms with Crippen molar-refractivity contribution in [3.05, 3.63) is 60.0 Å². The van der Waals surface area contributed by atoms with E-state index in [1.165, 1.54) is 13.0 Å². The Morgan fingerprint density at radius 3 is 2.54 bits per heavy atom. The molecule has 0 heterocycles. The van der Waals surface area contributed by atoms with Crippen LogP contribution in [0.1, 0.15) is 12.5 Å². The molecule has 0 saturated carbocycles. The molecule has 0 atom stereocenters. The SMILES string of the molecule is C=CC(=O)Nc1ccc(C)c(O/C(=C/C(=C\C)C(F)(F)F)N=C)c1. The third-order valence-corrected chi connectivity index (χ3v) is 2.93. The van der Waals surface area contributed by atoms with Crippen LogP contribution in [0.15, 0.2) is 59.5 Å². The number of ether oxygens (including phenoxy) is 1. The van der Waals surface area contributed by atoms with E-state index in [1.807, 2.05) is 0 Å². The number of halogens is 3. The molecule has 0 unspecified atom stereocenters. The lowest BCUT2D eigenvalue weighted by molar-refractivity contribution is -0.111. The van der Waals surface area contributed by atoms with Gasteiger partial charge >= 0.3 is 6.18 Å². The average Bonchev–Trinajstić information content (AvgIpc) is 2.52. The molecule has 0 bridgehead atoms. The standard InChI is InChI=1S/C17H17F3N2O2/c1-5-12(17(18,19)20)9-16(21-4)24-14-10-13(8-7-11(14)3)22-15(23)6-2/h5-10H,2,4H2,1,3H3,(H,22,23)/b12-5+,16-9+. The van der Waals surface area contributed by atoms with E-state index in [-0.39, 0.29) is 11.6 Å². The predicted octanol–water partition coefficient (Wildman–Crippen LogP) is 4.55. The minimum Gasteiger partial charge on any atom is -0.439 e. The predicted molar refractivity (Wildman–Crippen MR) is 88.1 cm³/mol. The summed E-state index contributed by atoms with van der Waals surface area (Å²) in [6.45, 7) is 9.52. The topological polar surface area (TPSA) is 50.7 Å². The number of allylic oxidation sites excluding steroid dienone is 3. The molecule has 0 aliphatic carbocycles. The number of hydrogen-bond donors (Lipinski definition) is 1. The number of anilines is 1. The Bertz CT molecular complexity index is 704. The van der Waals surface area contributed by atoms with E-state index in [4.69, 9.17) is 4.74 Å². The maximum atomic E-state index is 12.8. The van der Waals surface area contributed by atoms with Gasteiger partial charge in [0.15, 0.2) is 0 Å². The fourth-order valence-electron chi connectivity index (χ4n) is 1.66. The Balaban J connectivity index is 3.13. The number of amides is 1. The number of rotatable bonds is 6. The Kier molecular flexibility index (Phi) is 6.52. The van der Waals surface area contributed by atoms with E-state index in [1.54, 1.807) is 19.1 Å². The highest BCUT2D eigenvalue weighted by Gasteiger charge is 2.32. The molecule has 0 saturated heterocycles. The van der Waals surface area contributed by atoms with Gasteiger partial charge in [0.1, 0.15) is 5.75 Å². The van der Waals surface area contributed by atoms with Crippen LogP contribution in [0.5, 0.6) is 5.75 Å². The lowest BCUT2D eigenvalue weighted by Crippen LogP contribution is -2.11. The molecular weight excluding hydrogens is 321 g/mol. The van der Waals surface area contributed by atoms with Gasteiger partial charge in [-0.05, 0) is 38.3 Å². The first-order chi connectivity index (χ1) is 11.2. The second kappa shape index (κ2) is 8.14. The van der Waals surface area contributed by atoms with Crippen molar-refractivity contribution in [3.63, 3.8) is 0 Å². The minimum atomic E-state index is -4.52. The zero-order valence-electron chi connectivity index (χ0n) is 13.3. The summed E-state index contributed by atoms with van der Waals surface area (Å²) in [5, 5.41) is 2.53. The molecule has 4 nitrogen and oxygen atoms in total. The summed E-state index contributed by atoms with van der Waals surface area (Å²) in [6.07, 6.45) is -1.77. The van der Waals surface area contributed by atoms with Gasteiger partial charge in [-0.2, -0.15) is 13.2 Å². The van der Waals surface area contributed by atoms with E-state index < -0.39 is 17.7 Å². The highest BCUT2D eigenvalue weighted by molar-refractivity contribution is 5.99. The molecule has 128 valence electrons. The van der Waals surface area contributed by atoms with Gasteiger partial charge in [0.25, 0.3) is 0 Å². The van der Waals surface area contributed by atoms with Gasteiger partial charge in [0, 0.05) is 17.8 Å². The zero-order chi connectivity index (χ0) is 18.3. The van der Waals surface area contributed by atoms with E-state index in [2.05, 4.69) is 23.6 Å². The van der Waals surface area contributed by atoms with Crippen LogP contribution in [0.3, 0.4) is 0 Å². The number of aryl methyl sites for hydroxylation is 1. The summed E-state index contributed by atoms with van der Waals surface area (Å²) in [7, 11) is 0. The van der Waals surface area contributed by atoms with Gasteiger partial charge in [-0.15, -0.1) is 0 Å². The van der Waals surface area contributed by atoms with Gasteiger partial charge in [0.2, 0.25) is 11.8 Å². The highest BCUT2D eigenvalue weighted by Crippen LogP contribution is 2.29. The maximum absolute atomic E-state index is 12.8. The highest BCUT2D eigenvalue weighted by atomic mass is 19.4. The third-order valence-electron chi connectivity index (χ3n) is 2.93. The fourth-order valence-corrected chi connectivity index (χ4v) is 1.66. The molecule has 0 spiro atoms. The Hall–Kier alpha value is -2.83. The molecule has 0 aromatic heterocycles. The second-order valence-corrected chi connectivity index (χ2v) is 4.66. The van der Waals surface area contributed by atoms with Crippen molar-refractivity contribution in [3.8, 4) is 5.75 Å². The molecule has 0 radical (unpaired) electrons. The quantitative estimate of drug-likeness (QED) is 0.358. The monoisotopic (exact) mass is 338 g/mol. The molecule has 1 aromatic rings. The number of nitrogens with zero attached hydrogens (tertiary/aromatic N) is 1. The Labute approximate surface area is 138 Å². The summed E-state index contributed by atoms with van der Waals surface area (Å²) >= 11 is 0. The summed E-state index contributed by atoms with van der Waals surface area (Å²) in [6, 6.07) is 4.75. The molecule has 1 rings (SSSR count). The van der Waals surface area contributed by atoms with E-state index in [9.17, 15) is 18.0 Å². The van der Waals surface area contributed by atoms with Crippen LogP contribution in [0.4, 0.5) is 18.9 Å². The van der Waals surface area contributed by atoms with Crippen LogP contribution in [-0.4, -0.2) is 18.8 Å². The maximum Gasteiger partial charge on any atom is 0.416 e. The van der Waals surface area contributed by atoms with E-state index >= 15 is 0 Å². The third kappa shape index (κ3) is 5.42. The molecule has 0 aliphatic heterocycles. The van der Waals surface area contributed by atoms with Crippen LogP contribution in [-0.2, 0) is 4.79 Å². The molecule has 1 amide bonds. The Morgan fingerprint density at radius 2 is 2.04 bits per heavy atom. The number of carbonyl (C=O) groups excluding carboxylic acids is 1. The van der Waals surface area contributed by atoms with Gasteiger partial charge in [-0.25, -0.2) is 4.99 Å². The lowest BCUT2D eigenvalue weighted by atomic mass is 10.2. The summed E-state index contributed by atoms with van der Waals surface area (Å²) in [5.74, 6) is -0.487. The van der Waals surface area contributed by atoms with Crippen molar-refractivity contribution >= 4 is 18.3 Å². The summed E-state index contributed by atoms with van der Waals surface area (Å²) < 4.78 is 43.8. The zero-order valence-corrected chi connectivity index (χ0v) is 13.3. The van der Waals surface area contributed by atoms with E-state index in [0.717, 1.165) is 18.2 Å². The number of hydrogen-bond acceptors (Lipinski definition) is 3. The van der Waals surface area contributed by atoms with Crippen LogP contribution >= 0.6 is 0 Å². The molecule has 1 aromatic carbocycles. The van der Waals surface area contributed by atoms with Crippen molar-refractivity contribution < 1.29 is 22.7 Å². The minimum absolute atomic E-state index is 0.244.